The number of fused-ring (bicyclic) bond motifs is 1. The molecule has 0 saturated carbocycles. The predicted molar refractivity (Wildman–Crippen MR) is 149 cm³/mol. The molecule has 1 aromatic carbocycles. The maximum atomic E-state index is 9.64. The van der Waals surface area contributed by atoms with Crippen LogP contribution >= 0.6 is 23.2 Å². The lowest BCUT2D eigenvalue weighted by Crippen LogP contribution is -2.42. The zero-order chi connectivity index (χ0) is 26.7. The second-order valence-electron chi connectivity index (χ2n) is 9.15. The fourth-order valence-corrected chi connectivity index (χ4v) is 4.88. The largest absolute Gasteiger partial charge is 0.331 e. The molecule has 0 N–H and O–H groups in total. The standard InChI is InChI=1S/C27H28Cl2N8/c1-17(2)22-11-20(32-26-25(22)18(3)34-36(26)5)15-37(14-19-9-7-6-8-10-19)27(31-16-30)35(4)21-12-23(28)33-24(29)13-21/h6-13,17H,14-15H2,1-5H3/b31-27-. The van der Waals surface area contributed by atoms with Gasteiger partial charge in [-0.3, -0.25) is 4.68 Å². The molecular weight excluding hydrogens is 507 g/mol. The number of nitrogens with zero attached hydrogens (tertiary/aromatic N) is 8. The van der Waals surface area contributed by atoms with E-state index < -0.39 is 0 Å². The van der Waals surface area contributed by atoms with E-state index in [4.69, 9.17) is 28.2 Å². The van der Waals surface area contributed by atoms with Crippen LogP contribution in [0.3, 0.4) is 0 Å². The minimum Gasteiger partial charge on any atom is -0.331 e. The van der Waals surface area contributed by atoms with E-state index in [0.717, 1.165) is 28.0 Å². The van der Waals surface area contributed by atoms with Crippen molar-refractivity contribution in [3.05, 3.63) is 81.4 Å². The Morgan fingerprint density at radius 1 is 1.08 bits per heavy atom. The summed E-state index contributed by atoms with van der Waals surface area (Å²) < 4.78 is 1.82. The minimum atomic E-state index is 0.250. The SMILES string of the molecule is Cc1nn(C)c2nc(CN(Cc3ccccc3)/C(=N\C#N)N(C)c3cc(Cl)nc(Cl)c3)cc(C(C)C)c12. The lowest BCUT2D eigenvalue weighted by Gasteiger charge is -2.31. The van der Waals surface area contributed by atoms with Crippen molar-refractivity contribution in [1.29, 1.82) is 5.26 Å². The minimum absolute atomic E-state index is 0.250. The zero-order valence-corrected chi connectivity index (χ0v) is 23.0. The Bertz CT molecular complexity index is 1470. The molecule has 0 atom stereocenters. The summed E-state index contributed by atoms with van der Waals surface area (Å²) in [4.78, 5) is 17.0. The molecule has 10 heteroatoms. The number of anilines is 1. The van der Waals surface area contributed by atoms with Crippen molar-refractivity contribution in [2.75, 3.05) is 11.9 Å². The van der Waals surface area contributed by atoms with Crippen LogP contribution in [0.4, 0.5) is 5.69 Å². The maximum absolute atomic E-state index is 9.64. The number of aromatic nitrogens is 4. The molecule has 0 aliphatic carbocycles. The number of aryl methyl sites for hydroxylation is 2. The maximum Gasteiger partial charge on any atom is 0.217 e. The van der Waals surface area contributed by atoms with Gasteiger partial charge in [0.1, 0.15) is 10.3 Å². The first-order chi connectivity index (χ1) is 17.7. The molecule has 190 valence electrons. The Hall–Kier alpha value is -3.67. The van der Waals surface area contributed by atoms with Crippen LogP contribution in [0.2, 0.25) is 10.3 Å². The van der Waals surface area contributed by atoms with Crippen LogP contribution in [0.25, 0.3) is 11.0 Å². The zero-order valence-electron chi connectivity index (χ0n) is 21.4. The average molecular weight is 535 g/mol. The van der Waals surface area contributed by atoms with Crippen LogP contribution in [0.5, 0.6) is 0 Å². The van der Waals surface area contributed by atoms with E-state index >= 15 is 0 Å². The van der Waals surface area contributed by atoms with Crippen molar-refractivity contribution in [3.8, 4) is 6.19 Å². The first kappa shape index (κ1) is 26.4. The Morgan fingerprint density at radius 2 is 1.76 bits per heavy atom. The summed E-state index contributed by atoms with van der Waals surface area (Å²) in [7, 11) is 3.72. The number of aliphatic imine (C=N–C) groups is 1. The van der Waals surface area contributed by atoms with Crippen molar-refractivity contribution < 1.29 is 0 Å². The monoisotopic (exact) mass is 534 g/mol. The van der Waals surface area contributed by atoms with Gasteiger partial charge >= 0.3 is 0 Å². The first-order valence-corrected chi connectivity index (χ1v) is 12.6. The quantitative estimate of drug-likeness (QED) is 0.129. The van der Waals surface area contributed by atoms with E-state index in [1.807, 2.05) is 67.1 Å². The average Bonchev–Trinajstić information content (AvgIpc) is 3.14. The Kier molecular flexibility index (Phi) is 7.96. The van der Waals surface area contributed by atoms with E-state index in [1.54, 1.807) is 17.0 Å². The number of halogens is 2. The van der Waals surface area contributed by atoms with Gasteiger partial charge in [0.2, 0.25) is 12.2 Å². The summed E-state index contributed by atoms with van der Waals surface area (Å²) in [6, 6.07) is 15.5. The van der Waals surface area contributed by atoms with Crippen LogP contribution in [0.1, 0.15) is 42.3 Å². The fourth-order valence-electron chi connectivity index (χ4n) is 4.43. The van der Waals surface area contributed by atoms with E-state index in [1.165, 1.54) is 5.56 Å². The number of hydrogen-bond acceptors (Lipinski definition) is 5. The molecule has 0 fully saturated rings. The van der Waals surface area contributed by atoms with Gasteiger partial charge in [0.25, 0.3) is 0 Å². The van der Waals surface area contributed by atoms with Gasteiger partial charge in [-0.1, -0.05) is 67.4 Å². The van der Waals surface area contributed by atoms with E-state index in [-0.39, 0.29) is 16.2 Å². The number of benzene rings is 1. The molecule has 0 amide bonds. The molecule has 4 aromatic rings. The fraction of sp³-hybridized carbons (Fsp3) is 0.296. The van der Waals surface area contributed by atoms with Crippen LogP contribution in [0, 0.1) is 18.4 Å². The molecule has 0 unspecified atom stereocenters. The van der Waals surface area contributed by atoms with Gasteiger partial charge in [0, 0.05) is 31.7 Å². The van der Waals surface area contributed by atoms with Gasteiger partial charge in [0.05, 0.1) is 17.9 Å². The van der Waals surface area contributed by atoms with Crippen LogP contribution in [-0.4, -0.2) is 37.7 Å². The molecule has 0 aliphatic heterocycles. The van der Waals surface area contributed by atoms with Gasteiger partial charge in [0.15, 0.2) is 5.65 Å². The smallest absolute Gasteiger partial charge is 0.217 e. The van der Waals surface area contributed by atoms with Gasteiger partial charge in [-0.05, 0) is 42.2 Å². The summed E-state index contributed by atoms with van der Waals surface area (Å²) in [6.45, 7) is 7.25. The summed E-state index contributed by atoms with van der Waals surface area (Å²) >= 11 is 12.4. The van der Waals surface area contributed by atoms with E-state index in [0.29, 0.717) is 24.7 Å². The number of rotatable bonds is 6. The highest BCUT2D eigenvalue weighted by Gasteiger charge is 2.22. The molecule has 0 bridgehead atoms. The van der Waals surface area contributed by atoms with Crippen LogP contribution in [-0.2, 0) is 20.1 Å². The molecule has 0 saturated heterocycles. The van der Waals surface area contributed by atoms with Crippen molar-refractivity contribution in [1.82, 2.24) is 24.6 Å². The van der Waals surface area contributed by atoms with Crippen molar-refractivity contribution >= 4 is 45.9 Å². The first-order valence-electron chi connectivity index (χ1n) is 11.8. The van der Waals surface area contributed by atoms with Gasteiger partial charge < -0.3 is 9.80 Å². The molecular formula is C27H28Cl2N8. The number of guanidine groups is 1. The lowest BCUT2D eigenvalue weighted by atomic mass is 9.98. The molecule has 4 rings (SSSR count). The third-order valence-corrected chi connectivity index (χ3v) is 6.50. The molecule has 37 heavy (non-hydrogen) atoms. The Balaban J connectivity index is 1.82. The molecule has 0 aliphatic rings. The second-order valence-corrected chi connectivity index (χ2v) is 9.92. The number of hydrogen-bond donors (Lipinski definition) is 0. The third-order valence-electron chi connectivity index (χ3n) is 6.11. The molecule has 3 aromatic heterocycles. The highest BCUT2D eigenvalue weighted by molar-refractivity contribution is 6.33. The molecule has 0 spiro atoms. The number of pyridine rings is 2. The van der Waals surface area contributed by atoms with Gasteiger partial charge in [-0.25, -0.2) is 9.97 Å². The van der Waals surface area contributed by atoms with Crippen LogP contribution < -0.4 is 4.90 Å². The molecule has 0 radical (unpaired) electrons. The molecule has 3 heterocycles. The summed E-state index contributed by atoms with van der Waals surface area (Å²) in [5.41, 5.74) is 5.54. The van der Waals surface area contributed by atoms with E-state index in [2.05, 4.69) is 35.0 Å². The number of nitriles is 1. The molecule has 8 nitrogen and oxygen atoms in total. The summed E-state index contributed by atoms with van der Waals surface area (Å²) in [5.74, 6) is 0.713. The Labute approximate surface area is 226 Å². The highest BCUT2D eigenvalue weighted by Crippen LogP contribution is 2.29. The lowest BCUT2D eigenvalue weighted by molar-refractivity contribution is 0.394. The normalized spacial score (nSPS) is 11.7. The highest BCUT2D eigenvalue weighted by atomic mass is 35.5. The van der Waals surface area contributed by atoms with Gasteiger partial charge in [-0.15, -0.1) is 4.99 Å². The topological polar surface area (TPSA) is 86.2 Å². The summed E-state index contributed by atoms with van der Waals surface area (Å²) in [5, 5.41) is 15.8. The van der Waals surface area contributed by atoms with Crippen molar-refractivity contribution in [3.63, 3.8) is 0 Å². The second kappa shape index (κ2) is 11.2. The predicted octanol–water partition coefficient (Wildman–Crippen LogP) is 6.08. The van der Waals surface area contributed by atoms with Gasteiger partial charge in [-0.2, -0.15) is 10.4 Å². The van der Waals surface area contributed by atoms with E-state index in [9.17, 15) is 5.26 Å². The summed E-state index contributed by atoms with van der Waals surface area (Å²) in [6.07, 6.45) is 1.96. The van der Waals surface area contributed by atoms with Crippen LogP contribution in [0.15, 0.2) is 53.5 Å². The third kappa shape index (κ3) is 5.85. The van der Waals surface area contributed by atoms with Crippen molar-refractivity contribution in [2.24, 2.45) is 12.0 Å². The Morgan fingerprint density at radius 3 is 2.38 bits per heavy atom. The van der Waals surface area contributed by atoms with Crippen molar-refractivity contribution in [2.45, 2.75) is 39.8 Å².